The Kier molecular flexibility index (Phi) is 6.06. The zero-order chi connectivity index (χ0) is 25.4. The van der Waals surface area contributed by atoms with Crippen molar-refractivity contribution in [3.63, 3.8) is 0 Å². The van der Waals surface area contributed by atoms with E-state index in [9.17, 15) is 22.0 Å². The number of hydrogen-bond acceptors (Lipinski definition) is 6. The molecular weight excluding hydrogens is 485 g/mol. The van der Waals surface area contributed by atoms with E-state index in [2.05, 4.69) is 30.2 Å². The predicted molar refractivity (Wildman–Crippen MR) is 118 cm³/mol. The van der Waals surface area contributed by atoms with Gasteiger partial charge in [-0.1, -0.05) is 18.6 Å². The number of aryl methyl sites for hydroxylation is 2. The van der Waals surface area contributed by atoms with Gasteiger partial charge in [-0.15, -0.1) is 18.3 Å². The van der Waals surface area contributed by atoms with Crippen LogP contribution in [0.25, 0.3) is 5.69 Å². The van der Waals surface area contributed by atoms with Crippen LogP contribution in [0.4, 0.5) is 33.6 Å². The number of nitrogens with zero attached hydrogens (tertiary/aromatic N) is 6. The molecule has 1 aliphatic rings. The lowest BCUT2D eigenvalue weighted by molar-refractivity contribution is -0.274. The summed E-state index contributed by atoms with van der Waals surface area (Å²) in [6.45, 7) is 2.19. The molecule has 1 unspecified atom stereocenters. The Labute approximate surface area is 201 Å². The fourth-order valence-corrected chi connectivity index (χ4v) is 4.23. The Hall–Kier alpha value is -4.03. The molecule has 0 spiro atoms. The van der Waals surface area contributed by atoms with Crippen LogP contribution in [0.2, 0.25) is 0 Å². The van der Waals surface area contributed by atoms with Crippen LogP contribution in [0.15, 0.2) is 42.7 Å². The molecule has 4 aromatic rings. The number of ether oxygens (including phenoxy) is 1. The van der Waals surface area contributed by atoms with Crippen LogP contribution in [0.1, 0.15) is 42.4 Å². The van der Waals surface area contributed by atoms with Crippen molar-refractivity contribution in [1.82, 2.24) is 29.5 Å². The molecule has 2 aromatic carbocycles. The van der Waals surface area contributed by atoms with Crippen molar-refractivity contribution in [2.75, 3.05) is 5.32 Å². The van der Waals surface area contributed by atoms with Gasteiger partial charge in [-0.25, -0.2) is 23.1 Å². The normalized spacial score (nSPS) is 15.9. The summed E-state index contributed by atoms with van der Waals surface area (Å²) in [6.07, 6.45) is -1.13. The maximum absolute atomic E-state index is 14.7. The van der Waals surface area contributed by atoms with Crippen LogP contribution in [0.3, 0.4) is 0 Å². The molecule has 5 rings (SSSR count). The van der Waals surface area contributed by atoms with E-state index in [1.165, 1.54) is 18.5 Å². The van der Waals surface area contributed by atoms with Gasteiger partial charge in [0, 0.05) is 18.2 Å². The first kappa shape index (κ1) is 23.7. The van der Waals surface area contributed by atoms with Gasteiger partial charge < -0.3 is 10.1 Å². The van der Waals surface area contributed by atoms with E-state index < -0.39 is 18.0 Å². The third kappa shape index (κ3) is 4.99. The molecule has 3 heterocycles. The maximum atomic E-state index is 14.7. The lowest BCUT2D eigenvalue weighted by atomic mass is 9.93. The molecule has 2 aromatic heterocycles. The SMILES string of the molecule is Cc1ncn(-c2c(F)cc(Nc3nc4n(n3)CCCCC4c3ccc(OC(F)(F)F)cc3)cc2F)n1. The summed E-state index contributed by atoms with van der Waals surface area (Å²) in [5.74, 6) is -1.09. The number of nitrogens with one attached hydrogen (secondary N) is 1. The predicted octanol–water partition coefficient (Wildman–Crippen LogP) is 5.40. The number of benzene rings is 2. The average molecular weight is 505 g/mol. The summed E-state index contributed by atoms with van der Waals surface area (Å²) in [6, 6.07) is 7.88. The number of anilines is 2. The van der Waals surface area contributed by atoms with Gasteiger partial charge in [0.2, 0.25) is 5.95 Å². The molecule has 1 aliphatic heterocycles. The Balaban J connectivity index is 1.40. The fraction of sp³-hybridized carbons (Fsp3) is 0.304. The highest BCUT2D eigenvalue weighted by atomic mass is 19.4. The summed E-state index contributed by atoms with van der Waals surface area (Å²) in [5, 5.41) is 11.2. The van der Waals surface area contributed by atoms with E-state index in [-0.39, 0.29) is 29.0 Å². The summed E-state index contributed by atoms with van der Waals surface area (Å²) >= 11 is 0. The van der Waals surface area contributed by atoms with Crippen LogP contribution >= 0.6 is 0 Å². The Morgan fingerprint density at radius 2 is 1.75 bits per heavy atom. The third-order valence-corrected chi connectivity index (χ3v) is 5.75. The Morgan fingerprint density at radius 1 is 1.03 bits per heavy atom. The van der Waals surface area contributed by atoms with Gasteiger partial charge in [-0.3, -0.25) is 0 Å². The van der Waals surface area contributed by atoms with Gasteiger partial charge in [0.25, 0.3) is 0 Å². The summed E-state index contributed by atoms with van der Waals surface area (Å²) in [5.41, 5.74) is 0.514. The molecule has 0 bridgehead atoms. The summed E-state index contributed by atoms with van der Waals surface area (Å²) in [7, 11) is 0. The molecule has 13 heteroatoms. The van der Waals surface area contributed by atoms with Crippen LogP contribution in [0, 0.1) is 18.6 Å². The van der Waals surface area contributed by atoms with Gasteiger partial charge in [-0.05, 0) is 49.6 Å². The number of aromatic nitrogens is 6. The maximum Gasteiger partial charge on any atom is 0.573 e. The van der Waals surface area contributed by atoms with Crippen LogP contribution < -0.4 is 10.1 Å². The number of halogens is 5. The van der Waals surface area contributed by atoms with Crippen molar-refractivity contribution in [2.45, 2.75) is 45.0 Å². The fourth-order valence-electron chi connectivity index (χ4n) is 4.23. The standard InChI is InChI=1S/C23H20F5N7O/c1-13-29-12-35(32-13)20-18(24)10-15(11-19(20)25)30-22-31-21-17(4-2-3-9-34(21)33-22)14-5-7-16(8-6-14)36-23(26,27)28/h5-8,10-12,17H,2-4,9H2,1H3,(H,30,33). The molecule has 0 aliphatic carbocycles. The van der Waals surface area contributed by atoms with Crippen molar-refractivity contribution in [1.29, 1.82) is 0 Å². The molecule has 0 fully saturated rings. The van der Waals surface area contributed by atoms with Crippen LogP contribution in [0.5, 0.6) is 5.75 Å². The molecule has 188 valence electrons. The quantitative estimate of drug-likeness (QED) is 0.366. The number of rotatable bonds is 5. The summed E-state index contributed by atoms with van der Waals surface area (Å²) < 4.78 is 73.6. The van der Waals surface area contributed by atoms with E-state index in [4.69, 9.17) is 0 Å². The second-order valence-electron chi connectivity index (χ2n) is 8.33. The Morgan fingerprint density at radius 3 is 2.39 bits per heavy atom. The van der Waals surface area contributed by atoms with Crippen molar-refractivity contribution in [2.24, 2.45) is 0 Å². The molecule has 1 N–H and O–H groups in total. The smallest absolute Gasteiger partial charge is 0.406 e. The van der Waals surface area contributed by atoms with Crippen LogP contribution in [-0.2, 0) is 6.54 Å². The Bertz CT molecular complexity index is 1360. The summed E-state index contributed by atoms with van der Waals surface area (Å²) in [4.78, 5) is 8.43. The minimum atomic E-state index is -4.77. The molecular formula is C23H20F5N7O. The molecule has 0 amide bonds. The van der Waals surface area contributed by atoms with Crippen molar-refractivity contribution in [3.05, 3.63) is 71.6 Å². The highest BCUT2D eigenvalue weighted by Crippen LogP contribution is 2.34. The molecule has 0 saturated heterocycles. The van der Waals surface area contributed by atoms with E-state index >= 15 is 0 Å². The highest BCUT2D eigenvalue weighted by Gasteiger charge is 2.31. The largest absolute Gasteiger partial charge is 0.573 e. The van der Waals surface area contributed by atoms with E-state index in [1.54, 1.807) is 23.7 Å². The van der Waals surface area contributed by atoms with Gasteiger partial charge in [-0.2, -0.15) is 10.1 Å². The second kappa shape index (κ2) is 9.21. The van der Waals surface area contributed by atoms with E-state index in [0.29, 0.717) is 24.6 Å². The first-order valence-electron chi connectivity index (χ1n) is 11.1. The number of hydrogen-bond donors (Lipinski definition) is 1. The van der Waals surface area contributed by atoms with Crippen molar-refractivity contribution in [3.8, 4) is 11.4 Å². The minimum Gasteiger partial charge on any atom is -0.406 e. The van der Waals surface area contributed by atoms with Crippen LogP contribution in [-0.4, -0.2) is 35.9 Å². The monoisotopic (exact) mass is 505 g/mol. The molecule has 0 saturated carbocycles. The zero-order valence-corrected chi connectivity index (χ0v) is 18.9. The zero-order valence-electron chi connectivity index (χ0n) is 18.9. The average Bonchev–Trinajstić information content (AvgIpc) is 3.34. The molecule has 36 heavy (non-hydrogen) atoms. The molecule has 8 nitrogen and oxygen atoms in total. The minimum absolute atomic E-state index is 0.108. The number of fused-ring (bicyclic) bond motifs is 1. The van der Waals surface area contributed by atoms with Gasteiger partial charge in [0.15, 0.2) is 11.6 Å². The molecule has 0 radical (unpaired) electrons. The molecule has 1 atom stereocenters. The van der Waals surface area contributed by atoms with E-state index in [1.807, 2.05) is 0 Å². The lowest BCUT2D eigenvalue weighted by Crippen LogP contribution is -2.17. The highest BCUT2D eigenvalue weighted by molar-refractivity contribution is 5.57. The lowest BCUT2D eigenvalue weighted by Gasteiger charge is -2.15. The topological polar surface area (TPSA) is 82.7 Å². The first-order chi connectivity index (χ1) is 17.2. The second-order valence-corrected chi connectivity index (χ2v) is 8.33. The van der Waals surface area contributed by atoms with Gasteiger partial charge in [0.1, 0.15) is 29.4 Å². The van der Waals surface area contributed by atoms with Gasteiger partial charge in [0.05, 0.1) is 0 Å². The number of alkyl halides is 3. The van der Waals surface area contributed by atoms with Gasteiger partial charge >= 0.3 is 6.36 Å². The third-order valence-electron chi connectivity index (χ3n) is 5.75. The first-order valence-corrected chi connectivity index (χ1v) is 11.1. The van der Waals surface area contributed by atoms with Crippen molar-refractivity contribution >= 4 is 11.6 Å². The van der Waals surface area contributed by atoms with Crippen molar-refractivity contribution < 1.29 is 26.7 Å². The van der Waals surface area contributed by atoms with E-state index in [0.717, 1.165) is 35.2 Å².